The Labute approximate surface area is 132 Å². The number of carbonyl (C=O) groups excluding carboxylic acids is 1. The van der Waals surface area contributed by atoms with Crippen LogP contribution in [0.1, 0.15) is 17.7 Å². The Morgan fingerprint density at radius 2 is 2.32 bits per heavy atom. The summed E-state index contributed by atoms with van der Waals surface area (Å²) in [5.41, 5.74) is 0.858. The topological polar surface area (TPSA) is 91.9 Å². The zero-order valence-corrected chi connectivity index (χ0v) is 13.8. The molecular weight excluding hydrogens is 322 g/mol. The number of sulfone groups is 1. The number of nitrogens with one attached hydrogen (secondary N) is 2. The lowest BCUT2D eigenvalue weighted by atomic mass is 10.1. The fourth-order valence-electron chi connectivity index (χ4n) is 2.58. The maximum Gasteiger partial charge on any atom is 0.225 e. The van der Waals surface area contributed by atoms with Crippen LogP contribution < -0.4 is 5.32 Å². The van der Waals surface area contributed by atoms with Crippen LogP contribution in [-0.4, -0.2) is 36.0 Å². The van der Waals surface area contributed by atoms with Gasteiger partial charge < -0.3 is 5.32 Å². The molecule has 0 spiro atoms. The van der Waals surface area contributed by atoms with Crippen molar-refractivity contribution in [2.45, 2.75) is 19.8 Å². The van der Waals surface area contributed by atoms with E-state index in [1.165, 1.54) is 4.88 Å². The molecule has 0 bridgehead atoms. The molecule has 3 heterocycles. The second-order valence-corrected chi connectivity index (χ2v) is 9.12. The number of thiophene rings is 1. The summed E-state index contributed by atoms with van der Waals surface area (Å²) in [6.07, 6.45) is 0.787. The Kier molecular flexibility index (Phi) is 4.05. The molecule has 1 aliphatic rings. The van der Waals surface area contributed by atoms with Crippen molar-refractivity contribution in [3.63, 3.8) is 0 Å². The van der Waals surface area contributed by atoms with Gasteiger partial charge in [0.2, 0.25) is 5.91 Å². The van der Waals surface area contributed by atoms with E-state index in [1.807, 2.05) is 19.1 Å². The first-order valence-corrected chi connectivity index (χ1v) is 9.67. The Morgan fingerprint density at radius 3 is 2.95 bits per heavy atom. The Bertz CT molecular complexity index is 792. The predicted octanol–water partition coefficient (Wildman–Crippen LogP) is 2.21. The number of anilines is 1. The van der Waals surface area contributed by atoms with Gasteiger partial charge in [-0.05, 0) is 31.4 Å². The largest absolute Gasteiger partial charge is 0.309 e. The van der Waals surface area contributed by atoms with Gasteiger partial charge in [0.25, 0.3) is 0 Å². The van der Waals surface area contributed by atoms with Gasteiger partial charge in [0.1, 0.15) is 0 Å². The first-order valence-electron chi connectivity index (χ1n) is 7.04. The SMILES string of the molecule is Cc1ccc(-c2cc(NC(=O)CC3CCS(=O)(=O)C3)n[nH]2)s1. The number of nitrogens with zero attached hydrogens (tertiary/aromatic N) is 1. The fourth-order valence-corrected chi connectivity index (χ4v) is 5.28. The third-order valence-electron chi connectivity index (χ3n) is 3.65. The first kappa shape index (κ1) is 15.2. The molecule has 8 heteroatoms. The maximum atomic E-state index is 12.0. The molecule has 1 amide bonds. The van der Waals surface area contributed by atoms with E-state index < -0.39 is 9.84 Å². The summed E-state index contributed by atoms with van der Waals surface area (Å²) in [4.78, 5) is 14.2. The lowest BCUT2D eigenvalue weighted by molar-refractivity contribution is -0.116. The zero-order valence-electron chi connectivity index (χ0n) is 12.1. The Morgan fingerprint density at radius 1 is 1.50 bits per heavy atom. The third kappa shape index (κ3) is 3.56. The van der Waals surface area contributed by atoms with E-state index in [2.05, 4.69) is 15.5 Å². The van der Waals surface area contributed by atoms with Gasteiger partial charge in [-0.1, -0.05) is 0 Å². The van der Waals surface area contributed by atoms with Crippen LogP contribution in [0.3, 0.4) is 0 Å². The van der Waals surface area contributed by atoms with Gasteiger partial charge in [-0.3, -0.25) is 9.89 Å². The normalized spacial score (nSPS) is 20.1. The highest BCUT2D eigenvalue weighted by atomic mass is 32.2. The fraction of sp³-hybridized carbons (Fsp3) is 0.429. The van der Waals surface area contributed by atoms with Crippen molar-refractivity contribution in [2.24, 2.45) is 5.92 Å². The molecule has 0 aromatic carbocycles. The standard InChI is InChI=1S/C14H17N3O3S2/c1-9-2-3-12(21-9)11-7-13(17-16-11)15-14(18)6-10-4-5-22(19,20)8-10/h2-3,7,10H,4-6,8H2,1H3,(H2,15,16,17,18). The number of carbonyl (C=O) groups is 1. The smallest absolute Gasteiger partial charge is 0.225 e. The molecule has 1 saturated heterocycles. The Hall–Kier alpha value is -1.67. The van der Waals surface area contributed by atoms with E-state index >= 15 is 0 Å². The lowest BCUT2D eigenvalue weighted by Gasteiger charge is -2.06. The monoisotopic (exact) mass is 339 g/mol. The molecule has 2 N–H and O–H groups in total. The number of aromatic amines is 1. The van der Waals surface area contributed by atoms with Crippen molar-refractivity contribution in [2.75, 3.05) is 16.8 Å². The molecule has 2 aromatic rings. The first-order chi connectivity index (χ1) is 10.4. The minimum atomic E-state index is -2.94. The maximum absolute atomic E-state index is 12.0. The number of hydrogen-bond acceptors (Lipinski definition) is 5. The van der Waals surface area contributed by atoms with Crippen LogP contribution in [-0.2, 0) is 14.6 Å². The highest BCUT2D eigenvalue weighted by molar-refractivity contribution is 7.91. The number of hydrogen-bond donors (Lipinski definition) is 2. The zero-order chi connectivity index (χ0) is 15.7. The van der Waals surface area contributed by atoms with Crippen LogP contribution in [0.2, 0.25) is 0 Å². The van der Waals surface area contributed by atoms with Crippen LogP contribution in [0, 0.1) is 12.8 Å². The number of aromatic nitrogens is 2. The van der Waals surface area contributed by atoms with Gasteiger partial charge in [-0.15, -0.1) is 11.3 Å². The molecule has 1 aliphatic heterocycles. The number of rotatable bonds is 4. The minimum absolute atomic E-state index is 0.0802. The summed E-state index contributed by atoms with van der Waals surface area (Å²) in [6, 6.07) is 5.82. The van der Waals surface area contributed by atoms with Crippen LogP contribution in [0.5, 0.6) is 0 Å². The molecule has 1 unspecified atom stereocenters. The summed E-state index contributed by atoms with van der Waals surface area (Å²) in [5, 5.41) is 9.70. The summed E-state index contributed by atoms with van der Waals surface area (Å²) in [7, 11) is -2.94. The number of H-pyrrole nitrogens is 1. The van der Waals surface area contributed by atoms with Crippen LogP contribution in [0.25, 0.3) is 10.6 Å². The molecule has 1 atom stereocenters. The number of amides is 1. The predicted molar refractivity (Wildman–Crippen MR) is 86.6 cm³/mol. The highest BCUT2D eigenvalue weighted by Gasteiger charge is 2.29. The van der Waals surface area contributed by atoms with Crippen molar-refractivity contribution in [3.8, 4) is 10.6 Å². The van der Waals surface area contributed by atoms with Gasteiger partial charge >= 0.3 is 0 Å². The second kappa shape index (κ2) is 5.85. The molecule has 3 rings (SSSR count). The van der Waals surface area contributed by atoms with Crippen LogP contribution in [0.15, 0.2) is 18.2 Å². The van der Waals surface area contributed by atoms with E-state index in [-0.39, 0.29) is 29.8 Å². The number of aryl methyl sites for hydroxylation is 1. The minimum Gasteiger partial charge on any atom is -0.309 e. The molecule has 0 radical (unpaired) electrons. The summed E-state index contributed by atoms with van der Waals surface area (Å²) in [5.74, 6) is 0.494. The average Bonchev–Trinajstić information content (AvgIpc) is 3.11. The third-order valence-corrected chi connectivity index (χ3v) is 6.52. The molecule has 0 saturated carbocycles. The molecule has 22 heavy (non-hydrogen) atoms. The van der Waals surface area contributed by atoms with E-state index in [0.29, 0.717) is 12.2 Å². The summed E-state index contributed by atoms with van der Waals surface area (Å²) < 4.78 is 22.8. The molecule has 0 aliphatic carbocycles. The average molecular weight is 339 g/mol. The van der Waals surface area contributed by atoms with Crippen molar-refractivity contribution >= 4 is 32.9 Å². The van der Waals surface area contributed by atoms with Crippen LogP contribution in [0.4, 0.5) is 5.82 Å². The van der Waals surface area contributed by atoms with E-state index in [9.17, 15) is 13.2 Å². The second-order valence-electron chi connectivity index (χ2n) is 5.60. The lowest BCUT2D eigenvalue weighted by Crippen LogP contribution is -2.17. The van der Waals surface area contributed by atoms with Gasteiger partial charge in [0, 0.05) is 17.4 Å². The molecule has 1 fully saturated rings. The van der Waals surface area contributed by atoms with Crippen molar-refractivity contribution in [1.82, 2.24) is 10.2 Å². The van der Waals surface area contributed by atoms with Crippen molar-refractivity contribution in [3.05, 3.63) is 23.1 Å². The van der Waals surface area contributed by atoms with E-state index in [1.54, 1.807) is 17.4 Å². The van der Waals surface area contributed by atoms with Gasteiger partial charge in [0.05, 0.1) is 22.1 Å². The van der Waals surface area contributed by atoms with Gasteiger partial charge in [-0.2, -0.15) is 5.10 Å². The van der Waals surface area contributed by atoms with Crippen molar-refractivity contribution in [1.29, 1.82) is 0 Å². The quantitative estimate of drug-likeness (QED) is 0.893. The van der Waals surface area contributed by atoms with E-state index in [0.717, 1.165) is 10.6 Å². The van der Waals surface area contributed by atoms with Gasteiger partial charge in [-0.25, -0.2) is 8.42 Å². The van der Waals surface area contributed by atoms with Crippen molar-refractivity contribution < 1.29 is 13.2 Å². The molecule has 118 valence electrons. The summed E-state index contributed by atoms with van der Waals surface area (Å²) in [6.45, 7) is 2.03. The summed E-state index contributed by atoms with van der Waals surface area (Å²) >= 11 is 1.65. The van der Waals surface area contributed by atoms with E-state index in [4.69, 9.17) is 0 Å². The molecular formula is C14H17N3O3S2. The van der Waals surface area contributed by atoms with Crippen LogP contribution >= 0.6 is 11.3 Å². The highest BCUT2D eigenvalue weighted by Crippen LogP contribution is 2.27. The Balaban J connectivity index is 1.59. The molecule has 6 nitrogen and oxygen atoms in total. The van der Waals surface area contributed by atoms with Gasteiger partial charge in [0.15, 0.2) is 15.7 Å². The molecule has 2 aromatic heterocycles.